The zero-order valence-electron chi connectivity index (χ0n) is 20.9. The van der Waals surface area contributed by atoms with Gasteiger partial charge in [0, 0.05) is 37.7 Å². The summed E-state index contributed by atoms with van der Waals surface area (Å²) in [5, 5.41) is 0.521. The maximum absolute atomic E-state index is 13.0. The summed E-state index contributed by atoms with van der Waals surface area (Å²) in [5.41, 5.74) is -0.342. The number of hydrogen-bond acceptors (Lipinski definition) is 4. The molecule has 1 atom stereocenters. The average Bonchev–Trinajstić information content (AvgIpc) is 2.91. The summed E-state index contributed by atoms with van der Waals surface area (Å²) in [7, 11) is -3.98. The Morgan fingerprint density at radius 2 is 1.25 bits per heavy atom. The van der Waals surface area contributed by atoms with E-state index in [0.29, 0.717) is 30.2 Å². The molecule has 1 aliphatic heterocycles. The van der Waals surface area contributed by atoms with Crippen molar-refractivity contribution in [2.24, 2.45) is 0 Å². The summed E-state index contributed by atoms with van der Waals surface area (Å²) in [5.74, 6) is 0. The molecule has 1 heterocycles. The highest BCUT2D eigenvalue weighted by atomic mass is 35.5. The molecule has 40 heavy (non-hydrogen) atoms. The molecule has 4 rings (SSSR count). The lowest BCUT2D eigenvalue weighted by molar-refractivity contribution is -0.138. The monoisotopic (exact) mass is 606 g/mol. The molecule has 3 aromatic carbocycles. The van der Waals surface area contributed by atoms with Gasteiger partial charge >= 0.3 is 12.4 Å². The van der Waals surface area contributed by atoms with E-state index < -0.39 is 39.6 Å². The molecule has 0 aromatic heterocycles. The van der Waals surface area contributed by atoms with E-state index in [-0.39, 0.29) is 24.6 Å². The van der Waals surface area contributed by atoms with Gasteiger partial charge in [0.25, 0.3) is 0 Å². The Labute approximate surface area is 233 Å². The Hall–Kier alpha value is -2.64. The molecule has 3 aromatic rings. The number of hydrogen-bond donors (Lipinski definition) is 0. The summed E-state index contributed by atoms with van der Waals surface area (Å²) in [6.45, 7) is 1.34. The Bertz CT molecular complexity index is 1370. The normalized spacial score (nSPS) is 16.7. The quantitative estimate of drug-likeness (QED) is 0.270. The van der Waals surface area contributed by atoms with Crippen LogP contribution in [0, 0.1) is 0 Å². The Kier molecular flexibility index (Phi) is 9.15. The van der Waals surface area contributed by atoms with E-state index in [0.717, 1.165) is 42.0 Å². The van der Waals surface area contributed by atoms with E-state index in [1.54, 1.807) is 24.3 Å². The van der Waals surface area contributed by atoms with Crippen molar-refractivity contribution >= 4 is 21.6 Å². The van der Waals surface area contributed by atoms with Gasteiger partial charge in [0.05, 0.1) is 28.7 Å². The first kappa shape index (κ1) is 30.3. The number of ether oxygens (including phenoxy) is 1. The van der Waals surface area contributed by atoms with Gasteiger partial charge in [0.1, 0.15) is 0 Å². The molecule has 0 bridgehead atoms. The number of piperazine rings is 1. The molecule has 0 radical (unpaired) electrons. The van der Waals surface area contributed by atoms with E-state index >= 15 is 0 Å². The molecule has 0 amide bonds. The molecule has 0 aliphatic carbocycles. The third-order valence-corrected chi connectivity index (χ3v) is 8.71. The van der Waals surface area contributed by atoms with Gasteiger partial charge in [-0.3, -0.25) is 4.90 Å². The predicted octanol–water partition coefficient (Wildman–Crippen LogP) is 6.64. The lowest BCUT2D eigenvalue weighted by atomic mass is 10.1. The van der Waals surface area contributed by atoms with Gasteiger partial charge in [0.15, 0.2) is 0 Å². The highest BCUT2D eigenvalue weighted by Gasteiger charge is 2.33. The number of rotatable bonds is 8. The van der Waals surface area contributed by atoms with Gasteiger partial charge in [-0.05, 0) is 59.7 Å². The maximum Gasteiger partial charge on any atom is 0.416 e. The summed E-state index contributed by atoms with van der Waals surface area (Å²) >= 11 is 6.01. The standard InChI is InChI=1S/C27H25ClF6N2O3S/c28-23-9-3-20(4-10-23)25(39-18-19-1-5-21(6-2-19)26(29,30)31)17-35-13-15-36(16-14-35)40(37,38)24-11-7-22(8-12-24)27(32,33)34/h1-12,25H,13-18H2/t25-/m1/s1. The topological polar surface area (TPSA) is 49.9 Å². The molecule has 0 N–H and O–H groups in total. The smallest absolute Gasteiger partial charge is 0.368 e. The minimum absolute atomic E-state index is 0.0493. The largest absolute Gasteiger partial charge is 0.416 e. The molecule has 5 nitrogen and oxygen atoms in total. The highest BCUT2D eigenvalue weighted by Crippen LogP contribution is 2.31. The van der Waals surface area contributed by atoms with Crippen molar-refractivity contribution in [2.45, 2.75) is 30.0 Å². The van der Waals surface area contributed by atoms with Crippen molar-refractivity contribution < 1.29 is 39.5 Å². The van der Waals surface area contributed by atoms with Crippen molar-refractivity contribution in [1.29, 1.82) is 0 Å². The highest BCUT2D eigenvalue weighted by molar-refractivity contribution is 7.89. The number of halogens is 7. The maximum atomic E-state index is 13.0. The molecule has 1 saturated heterocycles. The molecule has 1 aliphatic rings. The SMILES string of the molecule is O=S(=O)(c1ccc(C(F)(F)F)cc1)N1CCN(C[C@@H](OCc2ccc(C(F)(F)F)cc2)c2ccc(Cl)cc2)CC1. The van der Waals surface area contributed by atoms with E-state index in [1.807, 2.05) is 4.90 Å². The van der Waals surface area contributed by atoms with Crippen LogP contribution >= 0.6 is 11.6 Å². The average molecular weight is 607 g/mol. The molecule has 0 saturated carbocycles. The van der Waals surface area contributed by atoms with Gasteiger partial charge in [-0.1, -0.05) is 35.9 Å². The van der Waals surface area contributed by atoms with E-state index in [2.05, 4.69) is 0 Å². The van der Waals surface area contributed by atoms with Gasteiger partial charge < -0.3 is 4.74 Å². The molecular formula is C27H25ClF6N2O3S. The third-order valence-electron chi connectivity index (χ3n) is 6.55. The van der Waals surface area contributed by atoms with Crippen LogP contribution in [0.4, 0.5) is 26.3 Å². The molecule has 13 heteroatoms. The van der Waals surface area contributed by atoms with Crippen molar-refractivity contribution in [1.82, 2.24) is 9.21 Å². The second kappa shape index (κ2) is 12.1. The van der Waals surface area contributed by atoms with Gasteiger partial charge in [-0.25, -0.2) is 8.42 Å². The van der Waals surface area contributed by atoms with Crippen LogP contribution in [0.1, 0.15) is 28.4 Å². The Balaban J connectivity index is 1.40. The van der Waals surface area contributed by atoms with Crippen LogP contribution in [-0.2, 0) is 33.7 Å². The van der Waals surface area contributed by atoms with Crippen molar-refractivity contribution in [3.8, 4) is 0 Å². The van der Waals surface area contributed by atoms with Crippen molar-refractivity contribution in [2.75, 3.05) is 32.7 Å². The minimum Gasteiger partial charge on any atom is -0.368 e. The van der Waals surface area contributed by atoms with Gasteiger partial charge in [-0.2, -0.15) is 30.6 Å². The fourth-order valence-electron chi connectivity index (χ4n) is 4.27. The fourth-order valence-corrected chi connectivity index (χ4v) is 5.82. The predicted molar refractivity (Wildman–Crippen MR) is 137 cm³/mol. The van der Waals surface area contributed by atoms with Crippen LogP contribution in [0.2, 0.25) is 5.02 Å². The first-order valence-electron chi connectivity index (χ1n) is 12.2. The van der Waals surface area contributed by atoms with Gasteiger partial charge in [-0.15, -0.1) is 0 Å². The summed E-state index contributed by atoms with van der Waals surface area (Å²) < 4.78 is 110. The lowest BCUT2D eigenvalue weighted by Crippen LogP contribution is -2.49. The first-order valence-corrected chi connectivity index (χ1v) is 14.0. The van der Waals surface area contributed by atoms with Crippen LogP contribution in [-0.4, -0.2) is 50.3 Å². The first-order chi connectivity index (χ1) is 18.7. The summed E-state index contributed by atoms with van der Waals surface area (Å²) in [6, 6.07) is 15.0. The summed E-state index contributed by atoms with van der Waals surface area (Å²) in [6.07, 6.45) is -9.49. The van der Waals surface area contributed by atoms with Gasteiger partial charge in [0.2, 0.25) is 10.0 Å². The number of sulfonamides is 1. The van der Waals surface area contributed by atoms with E-state index in [9.17, 15) is 34.8 Å². The fraction of sp³-hybridized carbons (Fsp3) is 0.333. The van der Waals surface area contributed by atoms with E-state index in [1.165, 1.54) is 16.4 Å². The third kappa shape index (κ3) is 7.55. The molecule has 0 unspecified atom stereocenters. The Morgan fingerprint density at radius 3 is 1.75 bits per heavy atom. The number of nitrogens with zero attached hydrogens (tertiary/aromatic N) is 2. The van der Waals surface area contributed by atoms with E-state index in [4.69, 9.17) is 16.3 Å². The van der Waals surface area contributed by atoms with Crippen molar-refractivity contribution in [3.63, 3.8) is 0 Å². The molecular weight excluding hydrogens is 582 g/mol. The molecule has 216 valence electrons. The van der Waals surface area contributed by atoms with Crippen molar-refractivity contribution in [3.05, 3.63) is 100 Å². The number of alkyl halides is 6. The number of benzene rings is 3. The second-order valence-electron chi connectivity index (χ2n) is 9.27. The summed E-state index contributed by atoms with van der Waals surface area (Å²) in [4.78, 5) is 1.78. The van der Waals surface area contributed by atoms with Crippen LogP contribution < -0.4 is 0 Å². The van der Waals surface area contributed by atoms with Crippen LogP contribution in [0.3, 0.4) is 0 Å². The minimum atomic E-state index is -4.57. The zero-order valence-corrected chi connectivity index (χ0v) is 22.5. The van der Waals surface area contributed by atoms with Crippen LogP contribution in [0.15, 0.2) is 77.7 Å². The van der Waals surface area contributed by atoms with Crippen LogP contribution in [0.5, 0.6) is 0 Å². The zero-order chi connectivity index (χ0) is 29.1. The second-order valence-corrected chi connectivity index (χ2v) is 11.6. The molecule has 1 fully saturated rings. The van der Waals surface area contributed by atoms with Crippen LogP contribution in [0.25, 0.3) is 0 Å². The molecule has 0 spiro atoms. The Morgan fingerprint density at radius 1 is 0.750 bits per heavy atom. The lowest BCUT2D eigenvalue weighted by Gasteiger charge is -2.36.